The number of aryl methyl sites for hydroxylation is 1. The van der Waals surface area contributed by atoms with Crippen molar-refractivity contribution in [2.45, 2.75) is 20.0 Å². The number of carbonyl (C=O) groups excluding carboxylic acids is 1. The lowest BCUT2D eigenvalue weighted by Crippen LogP contribution is -2.30. The van der Waals surface area contributed by atoms with Gasteiger partial charge < -0.3 is 15.6 Å². The maximum atomic E-state index is 10.8. The van der Waals surface area contributed by atoms with Gasteiger partial charge in [-0.25, -0.2) is 4.79 Å². The van der Waals surface area contributed by atoms with Crippen molar-refractivity contribution < 1.29 is 19.4 Å². The standard InChI is InChI=1S/C11H13NO4/c1-6-5-8(16-7(2)10(12)13)3-4-9(6)11(14)15/h3-5,7H,1-2H3,(H2,12,13)(H,14,15). The second-order valence-electron chi connectivity index (χ2n) is 3.44. The Morgan fingerprint density at radius 3 is 2.50 bits per heavy atom. The van der Waals surface area contributed by atoms with Gasteiger partial charge in [0.2, 0.25) is 0 Å². The maximum absolute atomic E-state index is 10.8. The largest absolute Gasteiger partial charge is 0.481 e. The summed E-state index contributed by atoms with van der Waals surface area (Å²) in [5.74, 6) is -1.14. The molecule has 1 rings (SSSR count). The van der Waals surface area contributed by atoms with E-state index in [4.69, 9.17) is 15.6 Å². The number of carboxylic acids is 1. The molecule has 3 N–H and O–H groups in total. The van der Waals surface area contributed by atoms with Gasteiger partial charge in [0.15, 0.2) is 6.10 Å². The molecule has 0 aliphatic carbocycles. The summed E-state index contributed by atoms with van der Waals surface area (Å²) in [4.78, 5) is 21.5. The minimum atomic E-state index is -0.994. The van der Waals surface area contributed by atoms with Crippen LogP contribution in [-0.4, -0.2) is 23.1 Å². The molecule has 0 spiro atoms. The quantitative estimate of drug-likeness (QED) is 0.795. The zero-order chi connectivity index (χ0) is 12.3. The average Bonchev–Trinajstić information content (AvgIpc) is 2.16. The molecule has 0 saturated heterocycles. The molecule has 0 fully saturated rings. The van der Waals surface area contributed by atoms with Crippen molar-refractivity contribution in [3.63, 3.8) is 0 Å². The first kappa shape index (κ1) is 12.0. The van der Waals surface area contributed by atoms with Gasteiger partial charge in [0, 0.05) is 0 Å². The molecular formula is C11H13NO4. The number of rotatable bonds is 4. The second kappa shape index (κ2) is 4.65. The summed E-state index contributed by atoms with van der Waals surface area (Å²) in [5, 5.41) is 8.81. The molecule has 1 unspecified atom stereocenters. The minimum absolute atomic E-state index is 0.207. The average molecular weight is 223 g/mol. The Hall–Kier alpha value is -2.04. The minimum Gasteiger partial charge on any atom is -0.481 e. The van der Waals surface area contributed by atoms with E-state index in [0.29, 0.717) is 11.3 Å². The third kappa shape index (κ3) is 2.73. The van der Waals surface area contributed by atoms with Gasteiger partial charge >= 0.3 is 5.97 Å². The van der Waals surface area contributed by atoms with Crippen LogP contribution in [0.4, 0.5) is 0 Å². The topological polar surface area (TPSA) is 89.6 Å². The number of nitrogens with two attached hydrogens (primary N) is 1. The Labute approximate surface area is 92.8 Å². The summed E-state index contributed by atoms with van der Waals surface area (Å²) in [7, 11) is 0. The SMILES string of the molecule is Cc1cc(OC(C)C(N)=O)ccc1C(=O)O. The van der Waals surface area contributed by atoms with Gasteiger partial charge in [-0.1, -0.05) is 0 Å². The zero-order valence-corrected chi connectivity index (χ0v) is 9.06. The molecule has 0 aliphatic heterocycles. The lowest BCUT2D eigenvalue weighted by atomic mass is 10.1. The fraction of sp³-hybridized carbons (Fsp3) is 0.273. The van der Waals surface area contributed by atoms with E-state index in [-0.39, 0.29) is 5.56 Å². The Bertz CT molecular complexity index is 428. The van der Waals surface area contributed by atoms with Crippen molar-refractivity contribution in [1.82, 2.24) is 0 Å². The number of aromatic carboxylic acids is 1. The summed E-state index contributed by atoms with van der Waals surface area (Å²) >= 11 is 0. The van der Waals surface area contributed by atoms with Gasteiger partial charge in [-0.15, -0.1) is 0 Å². The molecule has 1 atom stereocenters. The first-order valence-corrected chi connectivity index (χ1v) is 4.71. The van der Waals surface area contributed by atoms with Gasteiger partial charge in [0.1, 0.15) is 5.75 Å². The second-order valence-corrected chi connectivity index (χ2v) is 3.44. The molecule has 0 saturated carbocycles. The third-order valence-electron chi connectivity index (χ3n) is 2.14. The molecule has 86 valence electrons. The monoisotopic (exact) mass is 223 g/mol. The summed E-state index contributed by atoms with van der Waals surface area (Å²) in [6, 6.07) is 4.49. The van der Waals surface area contributed by atoms with Gasteiger partial charge in [-0.2, -0.15) is 0 Å². The number of amides is 1. The molecule has 16 heavy (non-hydrogen) atoms. The van der Waals surface area contributed by atoms with Crippen LogP contribution in [0.25, 0.3) is 0 Å². The van der Waals surface area contributed by atoms with Crippen molar-refractivity contribution in [1.29, 1.82) is 0 Å². The Morgan fingerprint density at radius 1 is 1.44 bits per heavy atom. The van der Waals surface area contributed by atoms with Crippen LogP contribution in [-0.2, 0) is 4.79 Å². The predicted octanol–water partition coefficient (Wildman–Crippen LogP) is 0.946. The van der Waals surface area contributed by atoms with Crippen molar-refractivity contribution in [3.05, 3.63) is 29.3 Å². The number of hydrogen-bond acceptors (Lipinski definition) is 3. The lowest BCUT2D eigenvalue weighted by molar-refractivity contribution is -0.123. The van der Waals surface area contributed by atoms with Crippen LogP contribution >= 0.6 is 0 Å². The highest BCUT2D eigenvalue weighted by molar-refractivity contribution is 5.89. The van der Waals surface area contributed by atoms with E-state index < -0.39 is 18.0 Å². The van der Waals surface area contributed by atoms with Crippen LogP contribution in [0.3, 0.4) is 0 Å². The van der Waals surface area contributed by atoms with Crippen molar-refractivity contribution in [2.24, 2.45) is 5.73 Å². The van der Waals surface area contributed by atoms with Crippen LogP contribution in [0, 0.1) is 6.92 Å². The summed E-state index contributed by atoms with van der Waals surface area (Å²) in [6.45, 7) is 3.19. The van der Waals surface area contributed by atoms with Crippen LogP contribution in [0.15, 0.2) is 18.2 Å². The molecule has 1 aromatic rings. The van der Waals surface area contributed by atoms with Crippen molar-refractivity contribution >= 4 is 11.9 Å². The fourth-order valence-corrected chi connectivity index (χ4v) is 1.21. The highest BCUT2D eigenvalue weighted by atomic mass is 16.5. The lowest BCUT2D eigenvalue weighted by Gasteiger charge is -2.12. The van der Waals surface area contributed by atoms with Gasteiger partial charge in [-0.3, -0.25) is 4.79 Å². The highest BCUT2D eigenvalue weighted by Gasteiger charge is 2.12. The van der Waals surface area contributed by atoms with Crippen molar-refractivity contribution in [2.75, 3.05) is 0 Å². The summed E-state index contributed by atoms with van der Waals surface area (Å²) in [5.41, 5.74) is 5.82. The Morgan fingerprint density at radius 2 is 2.06 bits per heavy atom. The summed E-state index contributed by atoms with van der Waals surface area (Å²) in [6.07, 6.45) is -0.741. The van der Waals surface area contributed by atoms with E-state index in [0.717, 1.165) is 0 Å². The van der Waals surface area contributed by atoms with E-state index in [1.165, 1.54) is 19.1 Å². The number of benzene rings is 1. The van der Waals surface area contributed by atoms with E-state index in [2.05, 4.69) is 0 Å². The molecule has 1 aromatic carbocycles. The van der Waals surface area contributed by atoms with Crippen LogP contribution < -0.4 is 10.5 Å². The number of hydrogen-bond donors (Lipinski definition) is 2. The molecule has 0 radical (unpaired) electrons. The highest BCUT2D eigenvalue weighted by Crippen LogP contribution is 2.18. The number of carbonyl (C=O) groups is 2. The number of primary amides is 1. The predicted molar refractivity (Wildman–Crippen MR) is 57.4 cm³/mol. The van der Waals surface area contributed by atoms with Crippen molar-refractivity contribution in [3.8, 4) is 5.75 Å². The normalized spacial score (nSPS) is 11.9. The van der Waals surface area contributed by atoms with Gasteiger partial charge in [0.25, 0.3) is 5.91 Å². The number of ether oxygens (including phenoxy) is 1. The van der Waals surface area contributed by atoms with E-state index >= 15 is 0 Å². The molecule has 5 heteroatoms. The van der Waals surface area contributed by atoms with Gasteiger partial charge in [0.05, 0.1) is 5.56 Å². The third-order valence-corrected chi connectivity index (χ3v) is 2.14. The first-order chi connectivity index (χ1) is 7.41. The van der Waals surface area contributed by atoms with E-state index in [1.807, 2.05) is 0 Å². The van der Waals surface area contributed by atoms with E-state index in [1.54, 1.807) is 13.0 Å². The van der Waals surface area contributed by atoms with E-state index in [9.17, 15) is 9.59 Å². The molecule has 1 amide bonds. The fourth-order valence-electron chi connectivity index (χ4n) is 1.21. The first-order valence-electron chi connectivity index (χ1n) is 4.71. The van der Waals surface area contributed by atoms with Crippen LogP contribution in [0.5, 0.6) is 5.75 Å². The Balaban J connectivity index is 2.89. The van der Waals surface area contributed by atoms with Crippen LogP contribution in [0.1, 0.15) is 22.8 Å². The molecule has 0 aliphatic rings. The molecular weight excluding hydrogens is 210 g/mol. The van der Waals surface area contributed by atoms with Gasteiger partial charge in [-0.05, 0) is 37.6 Å². The zero-order valence-electron chi connectivity index (χ0n) is 9.06. The Kier molecular flexibility index (Phi) is 3.50. The molecule has 0 aromatic heterocycles. The number of carboxylic acid groups (broad SMARTS) is 1. The molecule has 0 bridgehead atoms. The molecule has 0 heterocycles. The molecule has 5 nitrogen and oxygen atoms in total. The maximum Gasteiger partial charge on any atom is 0.335 e. The summed E-state index contributed by atoms with van der Waals surface area (Å²) < 4.78 is 5.22. The smallest absolute Gasteiger partial charge is 0.335 e. The van der Waals surface area contributed by atoms with Crippen LogP contribution in [0.2, 0.25) is 0 Å².